The zero-order valence-electron chi connectivity index (χ0n) is 55.7. The summed E-state index contributed by atoms with van der Waals surface area (Å²) < 4.78 is 17.0. The topological polar surface area (TPSA) is 78.9 Å². The van der Waals surface area contributed by atoms with Gasteiger partial charge in [0.2, 0.25) is 0 Å². The molecule has 0 rings (SSSR count). The number of carbonyl (C=O) groups is 3. The van der Waals surface area contributed by atoms with Gasteiger partial charge in [-0.25, -0.2) is 0 Å². The van der Waals surface area contributed by atoms with E-state index in [1.165, 1.54) is 270 Å². The van der Waals surface area contributed by atoms with Crippen LogP contribution in [0.2, 0.25) is 0 Å². The largest absolute Gasteiger partial charge is 0.462 e. The van der Waals surface area contributed by atoms with E-state index in [1.807, 2.05) is 0 Å². The summed E-state index contributed by atoms with van der Waals surface area (Å²) in [4.78, 5) is 38.4. The summed E-state index contributed by atoms with van der Waals surface area (Å²) in [6, 6.07) is 0. The third-order valence-corrected chi connectivity index (χ3v) is 16.5. The predicted octanol–water partition coefficient (Wildman–Crippen LogP) is 25.5. The Morgan fingerprint density at radius 1 is 0.253 bits per heavy atom. The van der Waals surface area contributed by atoms with Crippen LogP contribution in [0.3, 0.4) is 0 Å². The molecule has 484 valence electrons. The molecule has 6 heteroatoms. The fourth-order valence-electron chi connectivity index (χ4n) is 11.0. The molecule has 0 radical (unpaired) electrons. The van der Waals surface area contributed by atoms with Gasteiger partial charge >= 0.3 is 17.9 Å². The summed E-state index contributed by atoms with van der Waals surface area (Å²) in [5.74, 6) is -0.887. The monoisotopic (exact) mass is 1160 g/mol. The SMILES string of the molecule is CC/C=C\C/C=C\C/C=C\CCCCCC(=O)OCC(COC(=O)CCCCCCCCCCCCCCCCC/C=C\CCCCCCCCCC)OC(=O)CCCCCCCCCCCCCCC/C=C\CCCCCCCCCC. The molecule has 0 N–H and O–H groups in total. The third kappa shape index (κ3) is 69.8. The lowest BCUT2D eigenvalue weighted by Crippen LogP contribution is -2.30. The zero-order chi connectivity index (χ0) is 59.9. The van der Waals surface area contributed by atoms with Gasteiger partial charge in [-0.2, -0.15) is 0 Å². The molecule has 0 saturated heterocycles. The highest BCUT2D eigenvalue weighted by molar-refractivity contribution is 5.71. The Kier molecular flexibility index (Phi) is 69.1. The number of ether oxygens (including phenoxy) is 3. The summed E-state index contributed by atoms with van der Waals surface area (Å²) in [7, 11) is 0. The summed E-state index contributed by atoms with van der Waals surface area (Å²) in [6.07, 6.45) is 92.7. The Labute approximate surface area is 517 Å². The molecule has 1 unspecified atom stereocenters. The minimum absolute atomic E-state index is 0.0801. The Morgan fingerprint density at radius 3 is 0.759 bits per heavy atom. The highest BCUT2D eigenvalue weighted by atomic mass is 16.6. The van der Waals surface area contributed by atoms with Gasteiger partial charge in [0, 0.05) is 19.3 Å². The van der Waals surface area contributed by atoms with Crippen molar-refractivity contribution in [3.05, 3.63) is 60.8 Å². The van der Waals surface area contributed by atoms with E-state index >= 15 is 0 Å². The van der Waals surface area contributed by atoms with E-state index in [0.717, 1.165) is 83.5 Å². The summed E-state index contributed by atoms with van der Waals surface area (Å²) in [5.41, 5.74) is 0. The van der Waals surface area contributed by atoms with Crippen molar-refractivity contribution in [2.75, 3.05) is 13.2 Å². The van der Waals surface area contributed by atoms with Gasteiger partial charge in [-0.1, -0.05) is 332 Å². The number of hydrogen-bond acceptors (Lipinski definition) is 6. The molecule has 0 amide bonds. The van der Waals surface area contributed by atoms with E-state index in [0.29, 0.717) is 19.3 Å². The highest BCUT2D eigenvalue weighted by Gasteiger charge is 2.19. The summed E-state index contributed by atoms with van der Waals surface area (Å²) in [6.45, 7) is 6.56. The Balaban J connectivity index is 4.22. The molecule has 0 aliphatic heterocycles. The molecule has 0 spiro atoms. The van der Waals surface area contributed by atoms with Crippen LogP contribution >= 0.6 is 0 Å². The lowest BCUT2D eigenvalue weighted by atomic mass is 10.0. The van der Waals surface area contributed by atoms with Crippen molar-refractivity contribution >= 4 is 17.9 Å². The lowest BCUT2D eigenvalue weighted by molar-refractivity contribution is -0.167. The third-order valence-electron chi connectivity index (χ3n) is 16.5. The van der Waals surface area contributed by atoms with Crippen LogP contribution in [0.15, 0.2) is 60.8 Å². The fraction of sp³-hybridized carbons (Fsp3) is 0.831. The van der Waals surface area contributed by atoms with Crippen molar-refractivity contribution in [1.29, 1.82) is 0 Å². The van der Waals surface area contributed by atoms with Gasteiger partial charge in [-0.05, 0) is 103 Å². The second kappa shape index (κ2) is 71.6. The number of carbonyl (C=O) groups excluding carboxylic acids is 3. The van der Waals surface area contributed by atoms with Crippen LogP contribution in [-0.4, -0.2) is 37.2 Å². The van der Waals surface area contributed by atoms with E-state index in [9.17, 15) is 14.4 Å². The van der Waals surface area contributed by atoms with Crippen molar-refractivity contribution < 1.29 is 28.6 Å². The Morgan fingerprint density at radius 2 is 0.470 bits per heavy atom. The van der Waals surface area contributed by atoms with E-state index in [-0.39, 0.29) is 31.1 Å². The average molecular weight is 1160 g/mol. The maximum absolute atomic E-state index is 13.0. The smallest absolute Gasteiger partial charge is 0.306 e. The van der Waals surface area contributed by atoms with Gasteiger partial charge in [-0.15, -0.1) is 0 Å². The first-order valence-electron chi connectivity index (χ1n) is 36.8. The van der Waals surface area contributed by atoms with E-state index < -0.39 is 6.10 Å². The average Bonchev–Trinajstić information content (AvgIpc) is 3.49. The molecule has 6 nitrogen and oxygen atoms in total. The summed E-state index contributed by atoms with van der Waals surface area (Å²) in [5, 5.41) is 0. The van der Waals surface area contributed by atoms with Gasteiger partial charge in [0.15, 0.2) is 6.10 Å². The number of unbranched alkanes of at least 4 members (excludes halogenated alkanes) is 47. The maximum Gasteiger partial charge on any atom is 0.306 e. The minimum Gasteiger partial charge on any atom is -0.462 e. The summed E-state index contributed by atoms with van der Waals surface area (Å²) >= 11 is 0. The van der Waals surface area contributed by atoms with E-state index in [2.05, 4.69) is 81.5 Å². The fourth-order valence-corrected chi connectivity index (χ4v) is 11.0. The van der Waals surface area contributed by atoms with Crippen LogP contribution in [-0.2, 0) is 28.6 Å². The van der Waals surface area contributed by atoms with Crippen LogP contribution in [0, 0.1) is 0 Å². The molecule has 0 aromatic carbocycles. The molecular formula is C77H140O6. The van der Waals surface area contributed by atoms with Gasteiger partial charge in [0.1, 0.15) is 13.2 Å². The molecule has 1 atom stereocenters. The second-order valence-electron chi connectivity index (χ2n) is 24.8. The molecule has 0 aliphatic rings. The first kappa shape index (κ1) is 80.1. The first-order chi connectivity index (χ1) is 41.0. The number of esters is 3. The Hall–Kier alpha value is -2.89. The van der Waals surface area contributed by atoms with E-state index in [1.54, 1.807) is 0 Å². The first-order valence-corrected chi connectivity index (χ1v) is 36.8. The van der Waals surface area contributed by atoms with Crippen molar-refractivity contribution in [1.82, 2.24) is 0 Å². The number of allylic oxidation sites excluding steroid dienone is 10. The molecule has 0 heterocycles. The minimum atomic E-state index is -0.787. The second-order valence-corrected chi connectivity index (χ2v) is 24.8. The van der Waals surface area contributed by atoms with Gasteiger partial charge < -0.3 is 14.2 Å². The molecule has 0 bridgehead atoms. The van der Waals surface area contributed by atoms with Crippen LogP contribution in [0.5, 0.6) is 0 Å². The molecule has 0 aliphatic carbocycles. The zero-order valence-corrected chi connectivity index (χ0v) is 55.7. The molecular weight excluding hydrogens is 1020 g/mol. The molecule has 0 aromatic rings. The maximum atomic E-state index is 13.0. The molecule has 83 heavy (non-hydrogen) atoms. The van der Waals surface area contributed by atoms with E-state index in [4.69, 9.17) is 14.2 Å². The standard InChI is InChI=1S/C77H140O6/c1-4-7-10-13-16-19-22-25-27-29-31-33-35-37-38-40-41-43-45-47-49-52-55-58-61-64-67-70-76(79)82-73-74(72-81-75(78)69-66-63-60-57-54-51-24-21-18-15-12-9-6-3)83-77(80)71-68-65-62-59-56-53-50-48-46-44-42-39-36-34-32-30-28-26-23-20-17-14-11-8-5-2/h9,12,18,21,29-32,51,54,74H,4-8,10-11,13-17,19-20,22-28,33-50,52-53,55-73H2,1-3H3/b12-9-,21-18-,31-29-,32-30-,54-51-. The van der Waals surface area contributed by atoms with Gasteiger partial charge in [-0.3, -0.25) is 14.4 Å². The van der Waals surface area contributed by atoms with Crippen LogP contribution < -0.4 is 0 Å². The van der Waals surface area contributed by atoms with Crippen molar-refractivity contribution in [3.63, 3.8) is 0 Å². The van der Waals surface area contributed by atoms with Crippen molar-refractivity contribution in [2.45, 2.75) is 399 Å². The number of rotatable bonds is 68. The van der Waals surface area contributed by atoms with Gasteiger partial charge in [0.25, 0.3) is 0 Å². The van der Waals surface area contributed by atoms with Gasteiger partial charge in [0.05, 0.1) is 0 Å². The highest BCUT2D eigenvalue weighted by Crippen LogP contribution is 2.18. The van der Waals surface area contributed by atoms with Crippen LogP contribution in [0.1, 0.15) is 393 Å². The molecule has 0 fully saturated rings. The van der Waals surface area contributed by atoms with Crippen LogP contribution in [0.4, 0.5) is 0 Å². The van der Waals surface area contributed by atoms with Crippen molar-refractivity contribution in [3.8, 4) is 0 Å². The Bertz CT molecular complexity index is 1470. The van der Waals surface area contributed by atoms with Crippen molar-refractivity contribution in [2.24, 2.45) is 0 Å². The quantitative estimate of drug-likeness (QED) is 0.0261. The number of hydrogen-bond donors (Lipinski definition) is 0. The predicted molar refractivity (Wildman–Crippen MR) is 362 cm³/mol. The molecule has 0 aromatic heterocycles. The molecule has 0 saturated carbocycles. The normalized spacial score (nSPS) is 12.4. The lowest BCUT2D eigenvalue weighted by Gasteiger charge is -2.18. The van der Waals surface area contributed by atoms with Crippen LogP contribution in [0.25, 0.3) is 0 Å².